The van der Waals surface area contributed by atoms with Gasteiger partial charge in [0.25, 0.3) is 0 Å². The van der Waals surface area contributed by atoms with Crippen molar-refractivity contribution in [3.8, 4) is 0 Å². The fraction of sp³-hybridized carbons (Fsp3) is 0.429. The number of aliphatic hydroxyl groups excluding tert-OH is 2. The third kappa shape index (κ3) is 10.2. The van der Waals surface area contributed by atoms with Crippen LogP contribution in [0.3, 0.4) is 0 Å². The van der Waals surface area contributed by atoms with Gasteiger partial charge in [0.2, 0.25) is 11.8 Å². The molecule has 0 bridgehead atoms. The molecule has 5 atom stereocenters. The number of carbonyl (C=O) groups is 2. The number of amides is 2. The fourth-order valence-corrected chi connectivity index (χ4v) is 5.40. The van der Waals surface area contributed by atoms with Crippen LogP contribution in [0.2, 0.25) is 0 Å². The zero-order valence-electron chi connectivity index (χ0n) is 26.0. The van der Waals surface area contributed by atoms with Gasteiger partial charge in [0.15, 0.2) is 6.29 Å². The highest BCUT2D eigenvalue weighted by molar-refractivity contribution is 5.76. The van der Waals surface area contributed by atoms with Crippen molar-refractivity contribution < 1.29 is 34.5 Å². The maximum atomic E-state index is 12.2. The van der Waals surface area contributed by atoms with E-state index in [1.165, 1.54) is 0 Å². The average Bonchev–Trinajstić information content (AvgIpc) is 3.08. The first kappa shape index (κ1) is 34.2. The second-order valence-electron chi connectivity index (χ2n) is 11.6. The van der Waals surface area contributed by atoms with Crippen LogP contribution in [0.5, 0.6) is 0 Å². The molecule has 0 aromatic heterocycles. The molecule has 10 nitrogen and oxygen atoms in total. The Labute approximate surface area is 264 Å². The minimum Gasteiger partial charge on any atom is -0.392 e. The number of benzene rings is 3. The Balaban J connectivity index is 1.39. The minimum atomic E-state index is -0.644. The summed E-state index contributed by atoms with van der Waals surface area (Å²) in [5, 5.41) is 32.0. The standard InChI is InChI=1S/C35H45N3O7/c1-24(34(42)28-8-4-3-5-9-28)38(2)22-30-20-31(27-16-14-26(23-39)15-17-27)45-35(44-30)29-18-12-25(13-19-29)21-36-32(40)10-6-7-11-33(41)37-43/h3-5,8-9,12-19,24,30-31,34-35,39,42-43H,6-7,10-11,20-23H2,1-2H3,(H,36,40)(H,37,41)/t24-,30-,31+,34-,35+/m0/s1. The summed E-state index contributed by atoms with van der Waals surface area (Å²) < 4.78 is 13.0. The molecule has 1 saturated heterocycles. The second-order valence-corrected chi connectivity index (χ2v) is 11.6. The van der Waals surface area contributed by atoms with Crippen LogP contribution in [0.1, 0.15) is 85.3 Å². The van der Waals surface area contributed by atoms with Crippen molar-refractivity contribution in [1.82, 2.24) is 15.7 Å². The van der Waals surface area contributed by atoms with Crippen molar-refractivity contribution in [3.05, 3.63) is 107 Å². The van der Waals surface area contributed by atoms with Gasteiger partial charge in [-0.15, -0.1) is 0 Å². The second kappa shape index (κ2) is 17.2. The van der Waals surface area contributed by atoms with Crippen molar-refractivity contribution in [1.29, 1.82) is 0 Å². The number of carbonyl (C=O) groups excluding carboxylic acids is 2. The molecule has 3 aromatic carbocycles. The lowest BCUT2D eigenvalue weighted by Gasteiger charge is -2.39. The van der Waals surface area contributed by atoms with Crippen molar-refractivity contribution in [2.75, 3.05) is 13.6 Å². The first-order chi connectivity index (χ1) is 21.8. The number of aliphatic hydroxyl groups is 2. The zero-order valence-corrected chi connectivity index (χ0v) is 26.0. The number of likely N-dealkylation sites (N-methyl/N-ethyl adjacent to an activating group) is 1. The highest BCUT2D eigenvalue weighted by Crippen LogP contribution is 2.38. The molecule has 0 radical (unpaired) electrons. The topological polar surface area (TPSA) is 141 Å². The maximum absolute atomic E-state index is 12.2. The largest absolute Gasteiger partial charge is 0.392 e. The smallest absolute Gasteiger partial charge is 0.243 e. The van der Waals surface area contributed by atoms with Crippen LogP contribution >= 0.6 is 0 Å². The molecule has 0 unspecified atom stereocenters. The quantitative estimate of drug-likeness (QED) is 0.0955. The molecule has 4 rings (SSSR count). The van der Waals surface area contributed by atoms with Gasteiger partial charge in [-0.1, -0.05) is 78.9 Å². The summed E-state index contributed by atoms with van der Waals surface area (Å²) in [5.41, 5.74) is 6.08. The molecular formula is C35H45N3O7. The van der Waals surface area contributed by atoms with Crippen molar-refractivity contribution in [2.45, 2.75) is 82.8 Å². The Morgan fingerprint density at radius 1 is 0.889 bits per heavy atom. The van der Waals surface area contributed by atoms with Crippen LogP contribution < -0.4 is 10.8 Å². The number of nitrogens with zero attached hydrogens (tertiary/aromatic N) is 1. The van der Waals surface area contributed by atoms with E-state index in [0.717, 1.165) is 27.8 Å². The summed E-state index contributed by atoms with van der Waals surface area (Å²) in [6.07, 6.45) is 0.515. The van der Waals surface area contributed by atoms with Gasteiger partial charge in [-0.05, 0) is 49.1 Å². The molecule has 242 valence electrons. The van der Waals surface area contributed by atoms with E-state index in [2.05, 4.69) is 10.2 Å². The molecule has 10 heteroatoms. The average molecular weight is 620 g/mol. The number of ether oxygens (including phenoxy) is 2. The van der Waals surface area contributed by atoms with Gasteiger partial charge in [-0.25, -0.2) is 5.48 Å². The van der Waals surface area contributed by atoms with Gasteiger partial charge in [0, 0.05) is 44.0 Å². The van der Waals surface area contributed by atoms with E-state index in [0.29, 0.717) is 38.8 Å². The van der Waals surface area contributed by atoms with Crippen LogP contribution in [0.15, 0.2) is 78.9 Å². The molecule has 1 fully saturated rings. The van der Waals surface area contributed by atoms with E-state index in [1.54, 1.807) is 5.48 Å². The monoisotopic (exact) mass is 619 g/mol. The number of hydrogen-bond donors (Lipinski definition) is 5. The van der Waals surface area contributed by atoms with Gasteiger partial charge in [0.05, 0.1) is 24.9 Å². The molecule has 2 amide bonds. The number of unbranched alkanes of at least 4 members (excludes halogenated alkanes) is 1. The van der Waals surface area contributed by atoms with E-state index in [9.17, 15) is 19.8 Å². The Kier molecular flexibility index (Phi) is 13.1. The number of nitrogens with one attached hydrogen (secondary N) is 2. The summed E-state index contributed by atoms with van der Waals surface area (Å²) in [5.74, 6) is -0.557. The summed E-state index contributed by atoms with van der Waals surface area (Å²) in [7, 11) is 1.99. The first-order valence-corrected chi connectivity index (χ1v) is 15.5. The predicted molar refractivity (Wildman–Crippen MR) is 169 cm³/mol. The summed E-state index contributed by atoms with van der Waals surface area (Å²) in [4.78, 5) is 25.4. The van der Waals surface area contributed by atoms with Gasteiger partial charge in [-0.3, -0.25) is 19.7 Å². The van der Waals surface area contributed by atoms with E-state index >= 15 is 0 Å². The molecule has 0 saturated carbocycles. The third-order valence-corrected chi connectivity index (χ3v) is 8.32. The van der Waals surface area contributed by atoms with Crippen LogP contribution in [-0.4, -0.2) is 57.9 Å². The Bertz CT molecular complexity index is 1340. The molecule has 3 aromatic rings. The molecule has 45 heavy (non-hydrogen) atoms. The van der Waals surface area contributed by atoms with Crippen molar-refractivity contribution in [2.24, 2.45) is 0 Å². The first-order valence-electron chi connectivity index (χ1n) is 15.5. The Morgan fingerprint density at radius 2 is 1.51 bits per heavy atom. The zero-order chi connectivity index (χ0) is 32.2. The molecule has 1 aliphatic heterocycles. The molecule has 0 aliphatic carbocycles. The lowest BCUT2D eigenvalue weighted by atomic mass is 9.98. The SMILES string of the molecule is C[C@@H]([C@H](O)c1ccccc1)N(C)C[C@@H]1C[C@H](c2ccc(CO)cc2)O[C@H](c2ccc(CNC(=O)CCCCC(=O)NO)cc2)O1. The summed E-state index contributed by atoms with van der Waals surface area (Å²) in [6, 6.07) is 25.0. The highest BCUT2D eigenvalue weighted by Gasteiger charge is 2.34. The molecule has 0 spiro atoms. The lowest BCUT2D eigenvalue weighted by molar-refractivity contribution is -0.253. The molecule has 5 N–H and O–H groups in total. The van der Waals surface area contributed by atoms with Gasteiger partial charge < -0.3 is 25.0 Å². The normalized spacial score (nSPS) is 19.6. The van der Waals surface area contributed by atoms with Crippen LogP contribution in [0.25, 0.3) is 0 Å². The van der Waals surface area contributed by atoms with Gasteiger partial charge in [0.1, 0.15) is 0 Å². The van der Waals surface area contributed by atoms with Crippen LogP contribution in [0, 0.1) is 0 Å². The Morgan fingerprint density at radius 3 is 2.16 bits per heavy atom. The third-order valence-electron chi connectivity index (χ3n) is 8.32. The predicted octanol–water partition coefficient (Wildman–Crippen LogP) is 4.46. The molecular weight excluding hydrogens is 574 g/mol. The van der Waals surface area contributed by atoms with E-state index in [4.69, 9.17) is 14.7 Å². The number of rotatable bonds is 15. The van der Waals surface area contributed by atoms with E-state index in [1.807, 2.05) is 92.8 Å². The molecule has 1 heterocycles. The van der Waals surface area contributed by atoms with Crippen molar-refractivity contribution >= 4 is 11.8 Å². The minimum absolute atomic E-state index is 0.0251. The fourth-order valence-electron chi connectivity index (χ4n) is 5.40. The number of hydroxylamine groups is 1. The number of hydrogen-bond acceptors (Lipinski definition) is 8. The lowest BCUT2D eigenvalue weighted by Crippen LogP contribution is -2.43. The molecule has 1 aliphatic rings. The van der Waals surface area contributed by atoms with Crippen LogP contribution in [0.4, 0.5) is 0 Å². The summed E-state index contributed by atoms with van der Waals surface area (Å²) in [6.45, 7) is 2.94. The van der Waals surface area contributed by atoms with Crippen molar-refractivity contribution in [3.63, 3.8) is 0 Å². The Hall–Kier alpha value is -3.64. The maximum Gasteiger partial charge on any atom is 0.243 e. The summed E-state index contributed by atoms with van der Waals surface area (Å²) >= 11 is 0. The van der Waals surface area contributed by atoms with E-state index in [-0.39, 0.29) is 37.2 Å². The van der Waals surface area contributed by atoms with Gasteiger partial charge in [-0.2, -0.15) is 0 Å². The van der Waals surface area contributed by atoms with Crippen LogP contribution in [-0.2, 0) is 32.2 Å². The van der Waals surface area contributed by atoms with E-state index < -0.39 is 18.3 Å². The van der Waals surface area contributed by atoms with Gasteiger partial charge >= 0.3 is 0 Å². The highest BCUT2D eigenvalue weighted by atomic mass is 16.7.